The largest absolute Gasteiger partial charge is 2.00 e. The quantitative estimate of drug-likeness (QED) is 0.148. The van der Waals surface area contributed by atoms with Gasteiger partial charge in [-0.15, -0.1) is 13.3 Å². The van der Waals surface area contributed by atoms with E-state index in [0.717, 1.165) is 78.4 Å². The summed E-state index contributed by atoms with van der Waals surface area (Å²) in [4.78, 5) is 8.59. The van der Waals surface area contributed by atoms with Crippen molar-refractivity contribution in [3.05, 3.63) is 244 Å². The van der Waals surface area contributed by atoms with Crippen LogP contribution in [0.1, 0.15) is 0 Å². The summed E-state index contributed by atoms with van der Waals surface area (Å²) in [5.74, 6) is 0.352. The molecule has 0 saturated carbocycles. The molecule has 0 unspecified atom stereocenters. The summed E-state index contributed by atoms with van der Waals surface area (Å²) in [6.07, 6.45) is 0. The summed E-state index contributed by atoms with van der Waals surface area (Å²) >= 11 is 0. The van der Waals surface area contributed by atoms with Crippen LogP contribution in [0.15, 0.2) is 231 Å². The number of phenols is 2. The van der Waals surface area contributed by atoms with Crippen molar-refractivity contribution >= 4 is 77.7 Å². The second-order valence-corrected chi connectivity index (χ2v) is 18.2. The Kier molecular flexibility index (Phi) is 10.4. The first kappa shape index (κ1) is 43.3. The van der Waals surface area contributed by atoms with E-state index >= 15 is 0 Å². The van der Waals surface area contributed by atoms with Crippen LogP contribution in [0.2, 0.25) is 0 Å². The fourth-order valence-corrected chi connectivity index (χ4v) is 11.1. The first-order valence-electron chi connectivity index (χ1n) is 23.9. The summed E-state index contributed by atoms with van der Waals surface area (Å²) in [6, 6.07) is 79.7. The van der Waals surface area contributed by atoms with Crippen molar-refractivity contribution in [1.29, 1.82) is 0 Å². The SMILES string of the molecule is Oc1ccc(-c2ccccc2-n2c3ccccc3c3ccccc32)cc1N1[CH-]N(CN2[CH-]N(c3cc(-c4ccccc4-n4c5ccccc5c5ccccc54)ccc3O)c3ccccc32)c2ccccc21.[Pt+2]. The first-order chi connectivity index (χ1) is 35.1. The normalized spacial score (nSPS) is 13.1. The van der Waals surface area contributed by atoms with Gasteiger partial charge in [0, 0.05) is 62.1 Å². The number of anilines is 6. The zero-order valence-corrected chi connectivity index (χ0v) is 41.0. The van der Waals surface area contributed by atoms with Crippen LogP contribution in [-0.2, 0) is 21.1 Å². The van der Waals surface area contributed by atoms with Crippen molar-refractivity contribution in [2.24, 2.45) is 0 Å². The number of rotatable bonds is 8. The monoisotopic (exact) mass is 1110 g/mol. The maximum absolute atomic E-state index is 11.7. The average Bonchev–Trinajstić information content (AvgIpc) is 4.17. The van der Waals surface area contributed by atoms with E-state index in [4.69, 9.17) is 0 Å². The molecule has 2 aliphatic rings. The molecule has 9 heteroatoms. The van der Waals surface area contributed by atoms with E-state index in [1.165, 1.54) is 21.5 Å². The Bertz CT molecular complexity index is 3720. The minimum Gasteiger partial charge on any atom is -0.506 e. The number of fused-ring (bicyclic) bond motifs is 8. The number of hydrogen-bond donors (Lipinski definition) is 2. The first-order valence-corrected chi connectivity index (χ1v) is 23.9. The maximum Gasteiger partial charge on any atom is 2.00 e. The zero-order chi connectivity index (χ0) is 47.2. The van der Waals surface area contributed by atoms with Crippen LogP contribution in [0.25, 0.3) is 77.2 Å². The molecular formula is C63H44N6O2Pt. The average molecular weight is 1110 g/mol. The van der Waals surface area contributed by atoms with E-state index in [-0.39, 0.29) is 32.6 Å². The number of aromatic nitrogens is 2. The van der Waals surface area contributed by atoms with Crippen LogP contribution >= 0.6 is 0 Å². The van der Waals surface area contributed by atoms with E-state index in [1.54, 1.807) is 12.1 Å². The van der Waals surface area contributed by atoms with Crippen molar-refractivity contribution in [2.45, 2.75) is 0 Å². The van der Waals surface area contributed by atoms with Crippen LogP contribution in [0.3, 0.4) is 0 Å². The van der Waals surface area contributed by atoms with Gasteiger partial charge in [0.25, 0.3) is 0 Å². The molecule has 12 aromatic rings. The third-order valence-corrected chi connectivity index (χ3v) is 14.3. The maximum atomic E-state index is 11.7. The van der Waals surface area contributed by atoms with Gasteiger partial charge in [0.2, 0.25) is 0 Å². The molecule has 72 heavy (non-hydrogen) atoms. The van der Waals surface area contributed by atoms with Crippen LogP contribution in [0.5, 0.6) is 11.5 Å². The van der Waals surface area contributed by atoms with E-state index in [9.17, 15) is 10.2 Å². The van der Waals surface area contributed by atoms with Crippen molar-refractivity contribution in [1.82, 2.24) is 9.13 Å². The molecule has 0 radical (unpaired) electrons. The fourth-order valence-electron chi connectivity index (χ4n) is 11.1. The van der Waals surface area contributed by atoms with Gasteiger partial charge in [0.05, 0.1) is 44.8 Å². The van der Waals surface area contributed by atoms with Gasteiger partial charge in [-0.1, -0.05) is 146 Å². The van der Waals surface area contributed by atoms with Gasteiger partial charge in [-0.2, -0.15) is 0 Å². The summed E-state index contributed by atoms with van der Waals surface area (Å²) in [7, 11) is 0. The molecule has 2 N–H and O–H groups in total. The molecule has 0 amide bonds. The van der Waals surface area contributed by atoms with Crippen molar-refractivity contribution < 1.29 is 31.3 Å². The van der Waals surface area contributed by atoms with Crippen molar-refractivity contribution in [2.75, 3.05) is 26.3 Å². The molecule has 0 spiro atoms. The second kappa shape index (κ2) is 17.3. The molecule has 0 fully saturated rings. The number of hydrogen-bond acceptors (Lipinski definition) is 6. The van der Waals surface area contributed by atoms with Crippen LogP contribution in [-0.4, -0.2) is 26.0 Å². The number of aromatic hydroxyl groups is 2. The Labute approximate surface area is 430 Å². The summed E-state index contributed by atoms with van der Waals surface area (Å²) in [5.41, 5.74) is 16.0. The third kappa shape index (κ3) is 6.78. The van der Waals surface area contributed by atoms with Gasteiger partial charge < -0.3 is 38.9 Å². The van der Waals surface area contributed by atoms with Gasteiger partial charge >= 0.3 is 21.1 Å². The van der Waals surface area contributed by atoms with Crippen LogP contribution < -0.4 is 19.6 Å². The third-order valence-electron chi connectivity index (χ3n) is 14.3. The molecular weight excluding hydrogens is 1070 g/mol. The Morgan fingerprint density at radius 1 is 0.306 bits per heavy atom. The molecule has 10 aromatic carbocycles. The smallest absolute Gasteiger partial charge is 0.506 e. The fraction of sp³-hybridized carbons (Fsp3) is 0.0159. The van der Waals surface area contributed by atoms with Crippen molar-refractivity contribution in [3.8, 4) is 45.1 Å². The molecule has 2 aromatic heterocycles. The van der Waals surface area contributed by atoms with E-state index < -0.39 is 0 Å². The van der Waals surface area contributed by atoms with Crippen LogP contribution in [0.4, 0.5) is 34.1 Å². The molecule has 348 valence electrons. The summed E-state index contributed by atoms with van der Waals surface area (Å²) < 4.78 is 4.70. The zero-order valence-electron chi connectivity index (χ0n) is 38.7. The van der Waals surface area contributed by atoms with Crippen molar-refractivity contribution in [3.63, 3.8) is 0 Å². The standard InChI is InChI=1S/C63H44N6O2.Pt/c70-62-35-33-42(44-17-1-7-23-50(44)68-52-25-9-3-19-46(52)47-20-4-10-26-53(47)68)37-60(62)66-40-64(56-29-13-15-31-58(56)66)39-65-41-67(59-32-16-14-30-57(59)65)61-38-43(34-36-63(61)71)45-18-2-8-24-51(45)69-54-27-11-5-21-48(54)49-22-6-12-28-55(49)69;/h1-38,40-41,70-71H,39H2;/q-2;+2. The Hall–Kier alpha value is -8.71. The number of benzene rings is 10. The molecule has 0 aliphatic carbocycles. The molecule has 0 atom stereocenters. The summed E-state index contributed by atoms with van der Waals surface area (Å²) in [6.45, 7) is 4.60. The summed E-state index contributed by atoms with van der Waals surface area (Å²) in [5, 5.41) is 28.3. The Morgan fingerprint density at radius 2 is 0.611 bits per heavy atom. The molecule has 8 nitrogen and oxygen atoms in total. The Morgan fingerprint density at radius 3 is 0.986 bits per heavy atom. The Balaban J connectivity index is 0.00000504. The van der Waals surface area contributed by atoms with Crippen LogP contribution in [0, 0.1) is 13.3 Å². The molecule has 4 heterocycles. The van der Waals surface area contributed by atoms with Gasteiger partial charge in [-0.05, 0) is 96.1 Å². The topological polar surface area (TPSA) is 63.3 Å². The number of para-hydroxylation sites is 10. The van der Waals surface area contributed by atoms with Gasteiger partial charge in [-0.3, -0.25) is 0 Å². The van der Waals surface area contributed by atoms with E-state index in [0.29, 0.717) is 18.0 Å². The predicted molar refractivity (Wildman–Crippen MR) is 291 cm³/mol. The molecule has 2 aliphatic heterocycles. The second-order valence-electron chi connectivity index (χ2n) is 18.2. The van der Waals surface area contributed by atoms with Gasteiger partial charge in [0.15, 0.2) is 0 Å². The molecule has 14 rings (SSSR count). The van der Waals surface area contributed by atoms with E-state index in [1.807, 2.05) is 24.3 Å². The van der Waals surface area contributed by atoms with Gasteiger partial charge in [0.1, 0.15) is 11.5 Å². The minimum absolute atomic E-state index is 0. The predicted octanol–water partition coefficient (Wildman–Crippen LogP) is 15.4. The van der Waals surface area contributed by atoms with Gasteiger partial charge in [-0.25, -0.2) is 0 Å². The minimum atomic E-state index is 0. The molecule has 0 saturated heterocycles. The number of phenolic OH excluding ortho intramolecular Hbond substituents is 2. The van der Waals surface area contributed by atoms with E-state index in [2.05, 4.69) is 236 Å². The molecule has 0 bridgehead atoms. The number of nitrogens with zero attached hydrogens (tertiary/aromatic N) is 6.